The third kappa shape index (κ3) is 2.48. The Hall–Kier alpha value is -0.550. The van der Waals surface area contributed by atoms with Crippen molar-refractivity contribution in [3.05, 3.63) is 0 Å². The molecule has 0 N–H and O–H groups in total. The molecule has 2 atom stereocenters. The summed E-state index contributed by atoms with van der Waals surface area (Å²) in [5.41, 5.74) is 0. The SMILES string of the molecule is CC(C)C1CCN(C(C)C)C(C#N)C1. The zero-order valence-corrected chi connectivity index (χ0v) is 9.83. The van der Waals surface area contributed by atoms with Gasteiger partial charge in [-0.15, -0.1) is 0 Å². The van der Waals surface area contributed by atoms with Gasteiger partial charge in [-0.2, -0.15) is 5.26 Å². The maximum atomic E-state index is 9.12. The van der Waals surface area contributed by atoms with Gasteiger partial charge in [-0.1, -0.05) is 13.8 Å². The van der Waals surface area contributed by atoms with Gasteiger partial charge in [-0.25, -0.2) is 0 Å². The molecule has 80 valence electrons. The van der Waals surface area contributed by atoms with Crippen LogP contribution in [0.1, 0.15) is 40.5 Å². The number of nitrogens with zero attached hydrogens (tertiary/aromatic N) is 2. The van der Waals surface area contributed by atoms with Crippen LogP contribution in [-0.4, -0.2) is 23.5 Å². The van der Waals surface area contributed by atoms with Gasteiger partial charge in [0.05, 0.1) is 12.1 Å². The van der Waals surface area contributed by atoms with Crippen LogP contribution in [-0.2, 0) is 0 Å². The normalized spacial score (nSPS) is 29.5. The molecular formula is C12H22N2. The Labute approximate surface area is 87.9 Å². The number of rotatable bonds is 2. The molecule has 0 aliphatic carbocycles. The van der Waals surface area contributed by atoms with Gasteiger partial charge < -0.3 is 0 Å². The highest BCUT2D eigenvalue weighted by atomic mass is 15.2. The first-order valence-electron chi connectivity index (χ1n) is 5.71. The number of hydrogen-bond acceptors (Lipinski definition) is 2. The number of nitriles is 1. The summed E-state index contributed by atoms with van der Waals surface area (Å²) in [5.74, 6) is 1.47. The minimum atomic E-state index is 0.149. The van der Waals surface area contributed by atoms with Gasteiger partial charge in [0.25, 0.3) is 0 Å². The zero-order chi connectivity index (χ0) is 10.7. The molecule has 2 unspecified atom stereocenters. The van der Waals surface area contributed by atoms with Gasteiger partial charge in [0.1, 0.15) is 0 Å². The van der Waals surface area contributed by atoms with Crippen LogP contribution >= 0.6 is 0 Å². The molecule has 1 heterocycles. The lowest BCUT2D eigenvalue weighted by molar-refractivity contribution is 0.0946. The fourth-order valence-corrected chi connectivity index (χ4v) is 2.36. The van der Waals surface area contributed by atoms with Crippen molar-refractivity contribution >= 4 is 0 Å². The fraction of sp³-hybridized carbons (Fsp3) is 0.917. The molecule has 0 aromatic carbocycles. The monoisotopic (exact) mass is 194 g/mol. The fourth-order valence-electron chi connectivity index (χ4n) is 2.36. The standard InChI is InChI=1S/C12H22N2/c1-9(2)11-5-6-14(10(3)4)12(7-11)8-13/h9-12H,5-7H2,1-4H3. The Morgan fingerprint density at radius 2 is 1.93 bits per heavy atom. The lowest BCUT2D eigenvalue weighted by Gasteiger charge is -2.39. The molecule has 1 aliphatic rings. The van der Waals surface area contributed by atoms with E-state index in [9.17, 15) is 0 Å². The Balaban J connectivity index is 2.60. The Kier molecular flexibility index (Phi) is 3.95. The van der Waals surface area contributed by atoms with E-state index in [1.807, 2.05) is 0 Å². The van der Waals surface area contributed by atoms with E-state index in [0.29, 0.717) is 6.04 Å². The summed E-state index contributed by atoms with van der Waals surface area (Å²) in [7, 11) is 0. The van der Waals surface area contributed by atoms with Crippen molar-refractivity contribution in [2.24, 2.45) is 11.8 Å². The van der Waals surface area contributed by atoms with Crippen molar-refractivity contribution in [1.82, 2.24) is 4.90 Å². The minimum absolute atomic E-state index is 0.149. The van der Waals surface area contributed by atoms with E-state index in [0.717, 1.165) is 24.8 Å². The number of piperidine rings is 1. The summed E-state index contributed by atoms with van der Waals surface area (Å²) in [5, 5.41) is 9.12. The third-order valence-electron chi connectivity index (χ3n) is 3.44. The first-order valence-corrected chi connectivity index (χ1v) is 5.71. The zero-order valence-electron chi connectivity index (χ0n) is 9.83. The van der Waals surface area contributed by atoms with E-state index in [-0.39, 0.29) is 6.04 Å². The second-order valence-corrected chi connectivity index (χ2v) is 5.00. The Morgan fingerprint density at radius 1 is 1.29 bits per heavy atom. The topological polar surface area (TPSA) is 27.0 Å². The van der Waals surface area contributed by atoms with Gasteiger partial charge in [-0.3, -0.25) is 4.90 Å². The molecule has 2 heteroatoms. The second kappa shape index (κ2) is 4.79. The maximum Gasteiger partial charge on any atom is 0.0982 e. The molecule has 0 spiro atoms. The highest BCUT2D eigenvalue weighted by Gasteiger charge is 2.30. The molecule has 1 saturated heterocycles. The van der Waals surface area contributed by atoms with Crippen molar-refractivity contribution in [2.45, 2.75) is 52.6 Å². The average Bonchev–Trinajstić information content (AvgIpc) is 2.16. The van der Waals surface area contributed by atoms with Gasteiger partial charge >= 0.3 is 0 Å². The predicted molar refractivity (Wildman–Crippen MR) is 58.8 cm³/mol. The molecule has 0 aromatic heterocycles. The third-order valence-corrected chi connectivity index (χ3v) is 3.44. The molecule has 0 aromatic rings. The van der Waals surface area contributed by atoms with E-state index in [1.54, 1.807) is 0 Å². The van der Waals surface area contributed by atoms with Crippen LogP contribution in [0, 0.1) is 23.2 Å². The quantitative estimate of drug-likeness (QED) is 0.675. The van der Waals surface area contributed by atoms with Crippen LogP contribution in [0.3, 0.4) is 0 Å². The molecule has 0 saturated carbocycles. The van der Waals surface area contributed by atoms with Crippen LogP contribution in [0.15, 0.2) is 0 Å². The summed E-state index contributed by atoms with van der Waals surface area (Å²) in [6.07, 6.45) is 2.32. The largest absolute Gasteiger partial charge is 0.286 e. The van der Waals surface area contributed by atoms with E-state index in [4.69, 9.17) is 5.26 Å². The summed E-state index contributed by atoms with van der Waals surface area (Å²) in [4.78, 5) is 2.33. The highest BCUT2D eigenvalue weighted by Crippen LogP contribution is 2.29. The van der Waals surface area contributed by atoms with Gasteiger partial charge in [0.2, 0.25) is 0 Å². The number of likely N-dealkylation sites (tertiary alicyclic amines) is 1. The Bertz CT molecular complexity index is 215. The van der Waals surface area contributed by atoms with Crippen molar-refractivity contribution < 1.29 is 0 Å². The molecule has 1 aliphatic heterocycles. The maximum absolute atomic E-state index is 9.12. The number of hydrogen-bond donors (Lipinski definition) is 0. The van der Waals surface area contributed by atoms with Gasteiger partial charge in [-0.05, 0) is 45.1 Å². The molecule has 14 heavy (non-hydrogen) atoms. The average molecular weight is 194 g/mol. The van der Waals surface area contributed by atoms with Crippen LogP contribution < -0.4 is 0 Å². The lowest BCUT2D eigenvalue weighted by Crippen LogP contribution is -2.46. The van der Waals surface area contributed by atoms with Gasteiger partial charge in [0.15, 0.2) is 0 Å². The molecule has 1 rings (SSSR count). The molecule has 0 bridgehead atoms. The summed E-state index contributed by atoms with van der Waals surface area (Å²) < 4.78 is 0. The van der Waals surface area contributed by atoms with E-state index in [2.05, 4.69) is 38.7 Å². The second-order valence-electron chi connectivity index (χ2n) is 5.00. The minimum Gasteiger partial charge on any atom is -0.286 e. The predicted octanol–water partition coefficient (Wildman–Crippen LogP) is 2.65. The molecular weight excluding hydrogens is 172 g/mol. The van der Waals surface area contributed by atoms with E-state index < -0.39 is 0 Å². The summed E-state index contributed by atoms with van der Waals surface area (Å²) in [6.45, 7) is 9.99. The first kappa shape index (κ1) is 11.5. The van der Waals surface area contributed by atoms with E-state index >= 15 is 0 Å². The molecule has 2 nitrogen and oxygen atoms in total. The van der Waals surface area contributed by atoms with Crippen LogP contribution in [0.2, 0.25) is 0 Å². The van der Waals surface area contributed by atoms with Crippen molar-refractivity contribution in [2.75, 3.05) is 6.54 Å². The Morgan fingerprint density at radius 3 is 2.36 bits per heavy atom. The van der Waals surface area contributed by atoms with Gasteiger partial charge in [0, 0.05) is 6.04 Å². The summed E-state index contributed by atoms with van der Waals surface area (Å²) >= 11 is 0. The highest BCUT2D eigenvalue weighted by molar-refractivity contribution is 4.97. The van der Waals surface area contributed by atoms with Crippen molar-refractivity contribution in [1.29, 1.82) is 5.26 Å². The van der Waals surface area contributed by atoms with Crippen LogP contribution in [0.4, 0.5) is 0 Å². The van der Waals surface area contributed by atoms with Crippen LogP contribution in [0.25, 0.3) is 0 Å². The lowest BCUT2D eigenvalue weighted by atomic mass is 9.83. The molecule has 0 radical (unpaired) electrons. The van der Waals surface area contributed by atoms with Crippen LogP contribution in [0.5, 0.6) is 0 Å². The molecule has 0 amide bonds. The first-order chi connectivity index (χ1) is 6.56. The summed E-state index contributed by atoms with van der Waals surface area (Å²) in [6, 6.07) is 3.10. The smallest absolute Gasteiger partial charge is 0.0982 e. The van der Waals surface area contributed by atoms with E-state index in [1.165, 1.54) is 6.42 Å². The molecule has 1 fully saturated rings. The van der Waals surface area contributed by atoms with Crippen molar-refractivity contribution in [3.63, 3.8) is 0 Å². The van der Waals surface area contributed by atoms with Crippen molar-refractivity contribution in [3.8, 4) is 6.07 Å².